The van der Waals surface area contributed by atoms with Crippen LogP contribution in [0.3, 0.4) is 0 Å². The molecule has 2 aliphatic rings. The minimum Gasteiger partial charge on any atom is -0.469 e. The van der Waals surface area contributed by atoms with Gasteiger partial charge in [0.2, 0.25) is 5.91 Å². The quantitative estimate of drug-likeness (QED) is 0.557. The molecule has 1 amide bonds. The minimum absolute atomic E-state index is 0.0237. The Morgan fingerprint density at radius 3 is 2.69 bits per heavy atom. The van der Waals surface area contributed by atoms with Gasteiger partial charge in [-0.2, -0.15) is 0 Å². The van der Waals surface area contributed by atoms with Gasteiger partial charge in [0, 0.05) is 40.5 Å². The fourth-order valence-electron chi connectivity index (χ4n) is 5.18. The van der Waals surface area contributed by atoms with Crippen LogP contribution >= 0.6 is 23.2 Å². The highest BCUT2D eigenvalue weighted by Gasteiger charge is 2.53. The average molecular weight is 479 g/mol. The zero-order valence-electron chi connectivity index (χ0n) is 18.9. The number of carbonyl (C=O) groups is 2. The molecule has 0 bridgehead atoms. The Labute approximate surface area is 200 Å². The maximum Gasteiger partial charge on any atom is 0.306 e. The number of likely N-dealkylation sites (tertiary alicyclic amines) is 1. The molecule has 1 aromatic carbocycles. The number of methoxy groups -OCH3 is 1. The summed E-state index contributed by atoms with van der Waals surface area (Å²) < 4.78 is 4.94. The Kier molecular flexibility index (Phi) is 8.07. The summed E-state index contributed by atoms with van der Waals surface area (Å²) in [5.74, 6) is -0.384. The van der Waals surface area contributed by atoms with E-state index in [-0.39, 0.29) is 36.2 Å². The summed E-state index contributed by atoms with van der Waals surface area (Å²) in [5.41, 5.74) is 6.31. The van der Waals surface area contributed by atoms with Crippen LogP contribution in [0.2, 0.25) is 5.02 Å². The number of esters is 1. The Morgan fingerprint density at radius 1 is 1.38 bits per heavy atom. The predicted molar refractivity (Wildman–Crippen MR) is 129 cm³/mol. The van der Waals surface area contributed by atoms with Crippen molar-refractivity contribution in [1.82, 2.24) is 4.90 Å². The van der Waals surface area contributed by atoms with Gasteiger partial charge in [0.1, 0.15) is 0 Å². The number of ether oxygens (including phenoxy) is 1. The van der Waals surface area contributed by atoms with Gasteiger partial charge < -0.3 is 15.4 Å². The van der Waals surface area contributed by atoms with E-state index in [1.807, 2.05) is 49.1 Å². The third-order valence-corrected chi connectivity index (χ3v) is 7.37. The lowest BCUT2D eigenvalue weighted by molar-refractivity contribution is -0.162. The van der Waals surface area contributed by atoms with Crippen LogP contribution in [-0.2, 0) is 14.3 Å². The van der Waals surface area contributed by atoms with E-state index in [0.29, 0.717) is 23.0 Å². The van der Waals surface area contributed by atoms with E-state index in [2.05, 4.69) is 12.1 Å². The Balaban J connectivity index is 2.15. The molecule has 5 nitrogen and oxygen atoms in total. The number of nitrogens with two attached hydrogens (primary N) is 1. The van der Waals surface area contributed by atoms with Crippen LogP contribution < -0.4 is 5.73 Å². The van der Waals surface area contributed by atoms with Crippen molar-refractivity contribution in [3.8, 4) is 0 Å². The number of carbonyl (C=O) groups excluding carboxylic acids is 2. The first-order valence-corrected chi connectivity index (χ1v) is 11.9. The van der Waals surface area contributed by atoms with Crippen molar-refractivity contribution in [3.05, 3.63) is 58.1 Å². The van der Waals surface area contributed by atoms with Crippen LogP contribution in [0.5, 0.6) is 0 Å². The second-order valence-corrected chi connectivity index (χ2v) is 9.90. The van der Waals surface area contributed by atoms with Crippen molar-refractivity contribution in [2.24, 2.45) is 17.1 Å². The molecule has 5 atom stereocenters. The SMILES string of the molecule is CCC(CN)N1C(=O)C(C)(CC(=O)OC)CC(c2cccc(Cl)c2)C1C1C=CC(Cl)=CC1. The number of hydrogen-bond donors (Lipinski definition) is 1. The van der Waals surface area contributed by atoms with E-state index in [4.69, 9.17) is 33.7 Å². The van der Waals surface area contributed by atoms with Crippen LogP contribution in [0, 0.1) is 11.3 Å². The molecule has 1 aromatic rings. The van der Waals surface area contributed by atoms with Gasteiger partial charge in [-0.1, -0.05) is 61.3 Å². The molecule has 2 N–H and O–H groups in total. The van der Waals surface area contributed by atoms with E-state index < -0.39 is 11.4 Å². The number of hydrogen-bond acceptors (Lipinski definition) is 4. The van der Waals surface area contributed by atoms with Crippen molar-refractivity contribution in [3.63, 3.8) is 0 Å². The summed E-state index contributed by atoms with van der Waals surface area (Å²) in [5, 5.41) is 1.35. The molecular formula is C25H32Cl2N2O3. The molecular weight excluding hydrogens is 447 g/mol. The third-order valence-electron chi connectivity index (χ3n) is 6.86. The fraction of sp³-hybridized carbons (Fsp3) is 0.520. The molecule has 5 unspecified atom stereocenters. The van der Waals surface area contributed by atoms with Gasteiger partial charge in [0.15, 0.2) is 0 Å². The maximum absolute atomic E-state index is 14.0. The molecule has 174 valence electrons. The van der Waals surface area contributed by atoms with Crippen LogP contribution in [0.25, 0.3) is 0 Å². The molecule has 0 saturated carbocycles. The monoisotopic (exact) mass is 478 g/mol. The first-order chi connectivity index (χ1) is 15.2. The maximum atomic E-state index is 14.0. The van der Waals surface area contributed by atoms with E-state index >= 15 is 0 Å². The number of nitrogens with zero attached hydrogens (tertiary/aromatic N) is 1. The summed E-state index contributed by atoms with van der Waals surface area (Å²) in [7, 11) is 1.35. The van der Waals surface area contributed by atoms with Crippen molar-refractivity contribution < 1.29 is 14.3 Å². The summed E-state index contributed by atoms with van der Waals surface area (Å²) in [6.07, 6.45) is 7.99. The number of benzene rings is 1. The van der Waals surface area contributed by atoms with Crippen molar-refractivity contribution >= 4 is 35.1 Å². The van der Waals surface area contributed by atoms with Gasteiger partial charge in [0.25, 0.3) is 0 Å². The molecule has 1 saturated heterocycles. The average Bonchev–Trinajstić information content (AvgIpc) is 2.78. The smallest absolute Gasteiger partial charge is 0.306 e. The van der Waals surface area contributed by atoms with Gasteiger partial charge in [-0.25, -0.2) is 0 Å². The lowest BCUT2D eigenvalue weighted by Gasteiger charge is -2.53. The number of piperidine rings is 1. The van der Waals surface area contributed by atoms with Crippen molar-refractivity contribution in [1.29, 1.82) is 0 Å². The zero-order chi connectivity index (χ0) is 23.5. The number of halogens is 2. The van der Waals surface area contributed by atoms with Crippen LogP contribution in [-0.4, -0.2) is 42.5 Å². The molecule has 0 radical (unpaired) electrons. The van der Waals surface area contributed by atoms with Crippen molar-refractivity contribution in [2.45, 2.75) is 57.5 Å². The van der Waals surface area contributed by atoms with Crippen LogP contribution in [0.4, 0.5) is 0 Å². The molecule has 32 heavy (non-hydrogen) atoms. The van der Waals surface area contributed by atoms with Gasteiger partial charge in [-0.15, -0.1) is 0 Å². The highest BCUT2D eigenvalue weighted by atomic mass is 35.5. The predicted octanol–water partition coefficient (Wildman–Crippen LogP) is 5.03. The zero-order valence-corrected chi connectivity index (χ0v) is 20.4. The fourth-order valence-corrected chi connectivity index (χ4v) is 5.54. The summed E-state index contributed by atoms with van der Waals surface area (Å²) in [4.78, 5) is 28.2. The highest BCUT2D eigenvalue weighted by Crippen LogP contribution is 2.49. The number of amides is 1. The van der Waals surface area contributed by atoms with Crippen LogP contribution in [0.15, 0.2) is 47.5 Å². The van der Waals surface area contributed by atoms with Gasteiger partial charge in [0.05, 0.1) is 18.9 Å². The molecule has 1 fully saturated rings. The lowest BCUT2D eigenvalue weighted by Crippen LogP contribution is -2.62. The van der Waals surface area contributed by atoms with E-state index in [1.165, 1.54) is 7.11 Å². The number of rotatable bonds is 7. The topological polar surface area (TPSA) is 72.6 Å². The largest absolute Gasteiger partial charge is 0.469 e. The second-order valence-electron chi connectivity index (χ2n) is 9.03. The van der Waals surface area contributed by atoms with Gasteiger partial charge in [-0.05, 0) is 43.0 Å². The molecule has 7 heteroatoms. The molecule has 1 aliphatic heterocycles. The van der Waals surface area contributed by atoms with Crippen molar-refractivity contribution in [2.75, 3.05) is 13.7 Å². The lowest BCUT2D eigenvalue weighted by atomic mass is 9.65. The summed E-state index contributed by atoms with van der Waals surface area (Å²) in [6, 6.07) is 7.52. The molecule has 1 heterocycles. The van der Waals surface area contributed by atoms with E-state index in [9.17, 15) is 9.59 Å². The minimum atomic E-state index is -0.898. The highest BCUT2D eigenvalue weighted by molar-refractivity contribution is 6.31. The second kappa shape index (κ2) is 10.4. The van der Waals surface area contributed by atoms with Crippen LogP contribution in [0.1, 0.15) is 51.0 Å². The molecule has 1 aliphatic carbocycles. The van der Waals surface area contributed by atoms with E-state index in [0.717, 1.165) is 18.4 Å². The van der Waals surface area contributed by atoms with Gasteiger partial charge >= 0.3 is 5.97 Å². The first kappa shape index (κ1) is 24.8. The summed E-state index contributed by atoms with van der Waals surface area (Å²) in [6.45, 7) is 4.25. The Morgan fingerprint density at radius 2 is 2.12 bits per heavy atom. The Bertz CT molecular complexity index is 912. The first-order valence-electron chi connectivity index (χ1n) is 11.1. The molecule has 3 rings (SSSR count). The van der Waals surface area contributed by atoms with Gasteiger partial charge in [-0.3, -0.25) is 9.59 Å². The number of allylic oxidation sites excluding steroid dienone is 3. The molecule has 0 aromatic heterocycles. The molecule has 0 spiro atoms. The Hall–Kier alpha value is -1.82. The normalized spacial score (nSPS) is 28.9. The van der Waals surface area contributed by atoms with E-state index in [1.54, 1.807) is 0 Å². The standard InChI is InChI=1S/C25H32Cl2N2O3/c1-4-20(15-28)29-23(16-8-10-18(26)11-9-16)21(17-6-5-7-19(27)12-17)13-25(2,24(29)31)14-22(30)32-3/h5-8,10-12,16,20-21,23H,4,9,13-15,28H2,1-3H3. The third kappa shape index (κ3) is 5.05. The summed E-state index contributed by atoms with van der Waals surface area (Å²) >= 11 is 12.6.